The van der Waals surface area contributed by atoms with Crippen molar-refractivity contribution in [3.63, 3.8) is 0 Å². The molecule has 1 saturated carbocycles. The summed E-state index contributed by atoms with van der Waals surface area (Å²) in [6.45, 7) is 0.839. The topological polar surface area (TPSA) is 32.3 Å². The first-order chi connectivity index (χ1) is 8.17. The summed E-state index contributed by atoms with van der Waals surface area (Å²) < 4.78 is 6.42. The molecule has 0 aromatic carbocycles. The van der Waals surface area contributed by atoms with Gasteiger partial charge >= 0.3 is 0 Å². The van der Waals surface area contributed by atoms with E-state index >= 15 is 0 Å². The monoisotopic (exact) mass is 311 g/mol. The maximum Gasteiger partial charge on any atom is 0.114 e. The fourth-order valence-electron chi connectivity index (χ4n) is 2.66. The van der Waals surface area contributed by atoms with Gasteiger partial charge in [0.15, 0.2) is 0 Å². The Balaban J connectivity index is 2.71. The summed E-state index contributed by atoms with van der Waals surface area (Å²) in [7, 11) is 6.37. The first-order valence-electron chi connectivity index (χ1n) is 6.70. The zero-order valence-electron chi connectivity index (χ0n) is 11.7. The van der Waals surface area contributed by atoms with Crippen molar-refractivity contribution in [2.45, 2.75) is 44.6 Å². The molecule has 0 amide bonds. The van der Waals surface area contributed by atoms with Crippen LogP contribution in [0.15, 0.2) is 0 Å². The van der Waals surface area contributed by atoms with Crippen LogP contribution >= 0.6 is 17.9 Å². The van der Waals surface area contributed by atoms with E-state index < -0.39 is 5.69 Å². The van der Waals surface area contributed by atoms with Crippen LogP contribution in [0.4, 0.5) is 0 Å². The lowest BCUT2D eigenvalue weighted by molar-refractivity contribution is -0.873. The van der Waals surface area contributed by atoms with Gasteiger partial charge in [0.1, 0.15) is 12.6 Å². The molecule has 0 N–H and O–H groups in total. The molecule has 0 aromatic rings. The van der Waals surface area contributed by atoms with Gasteiger partial charge in [-0.25, -0.2) is 0 Å². The highest BCUT2D eigenvalue weighted by molar-refractivity contribution is 8.59. The summed E-state index contributed by atoms with van der Waals surface area (Å²) in [5.41, 5.74) is -3.12. The summed E-state index contributed by atoms with van der Waals surface area (Å²) in [4.78, 5) is 11.7. The molecule has 3 nitrogen and oxygen atoms in total. The van der Waals surface area contributed by atoms with Gasteiger partial charge in [0, 0.05) is 5.69 Å². The van der Waals surface area contributed by atoms with Crippen LogP contribution in [-0.2, 0) is 16.3 Å². The van der Waals surface area contributed by atoms with Crippen molar-refractivity contribution < 1.29 is 13.9 Å². The van der Waals surface area contributed by atoms with Gasteiger partial charge in [0.05, 0.1) is 21.1 Å². The summed E-state index contributed by atoms with van der Waals surface area (Å²) in [5, 5.41) is 0. The third-order valence-corrected chi connectivity index (χ3v) is 4.50. The van der Waals surface area contributed by atoms with Crippen LogP contribution in [-0.4, -0.2) is 38.3 Å². The number of nitrogens with zero attached hydrogens (tertiary/aromatic N) is 1. The van der Waals surface area contributed by atoms with Crippen LogP contribution in [0, 0.1) is 5.92 Å². The second kappa shape index (κ2) is 7.05. The van der Waals surface area contributed by atoms with Crippen LogP contribution in [0.2, 0.25) is 0 Å². The van der Waals surface area contributed by atoms with Crippen LogP contribution in [0.3, 0.4) is 0 Å². The van der Waals surface area contributed by atoms with Crippen molar-refractivity contribution in [1.29, 1.82) is 0 Å². The van der Waals surface area contributed by atoms with Gasteiger partial charge < -0.3 is 13.9 Å². The quantitative estimate of drug-likeness (QED) is 0.366. The maximum absolute atomic E-state index is 11.7. The molecule has 0 aliphatic heterocycles. The molecule has 0 radical (unpaired) electrons. The predicted octanol–water partition coefficient (Wildman–Crippen LogP) is 2.56. The largest absolute Gasteiger partial charge is 0.793 e. The average Bonchev–Trinajstić information content (AvgIpc) is 2.39. The van der Waals surface area contributed by atoms with Gasteiger partial charge in [-0.2, -0.15) is 0 Å². The van der Waals surface area contributed by atoms with E-state index in [9.17, 15) is 4.89 Å². The Bertz CT molecular complexity index is 293. The Morgan fingerprint density at radius 3 is 2.17 bits per heavy atom. The molecule has 108 valence electrons. The summed E-state index contributed by atoms with van der Waals surface area (Å²) >= 11 is 8.78. The number of hydrogen-bond donors (Lipinski definition) is 1. The van der Waals surface area contributed by atoms with Gasteiger partial charge in [-0.3, -0.25) is 0 Å². The molecule has 2 unspecified atom stereocenters. The lowest BCUT2D eigenvalue weighted by Crippen LogP contribution is -2.45. The van der Waals surface area contributed by atoms with Crippen molar-refractivity contribution in [3.8, 4) is 0 Å². The van der Waals surface area contributed by atoms with Crippen molar-refractivity contribution in [3.05, 3.63) is 0 Å². The molecule has 0 saturated heterocycles. The second-order valence-corrected chi connectivity index (χ2v) is 11.3. The standard InChI is InChI=1S/C12H26NO2PS2/c1-13(2,3)10-12(15-16(14,17)18)11-8-6-4-5-7-9-11/h11-12H,4-10H2,1-3H3,(H-,14,17,18). The Labute approximate surface area is 122 Å². The van der Waals surface area contributed by atoms with E-state index in [1.165, 1.54) is 25.7 Å². The summed E-state index contributed by atoms with van der Waals surface area (Å²) in [5.74, 6) is 0.480. The molecular weight excluding hydrogens is 285 g/mol. The smallest absolute Gasteiger partial charge is 0.114 e. The molecule has 1 aliphatic rings. The SMILES string of the molecule is C[N+](C)(C)CC(OP([O-])(=S)S)C1CCCCCC1. The molecule has 0 heterocycles. The highest BCUT2D eigenvalue weighted by Gasteiger charge is 2.29. The van der Waals surface area contributed by atoms with Crippen molar-refractivity contribution >= 4 is 29.7 Å². The van der Waals surface area contributed by atoms with Gasteiger partial charge in [0.25, 0.3) is 0 Å². The molecule has 18 heavy (non-hydrogen) atoms. The zero-order chi connectivity index (χ0) is 13.8. The fraction of sp³-hybridized carbons (Fsp3) is 1.00. The minimum absolute atomic E-state index is 0.0241. The first-order valence-corrected chi connectivity index (χ1v) is 10.5. The molecule has 1 aliphatic carbocycles. The Hall–Kier alpha value is 0.880. The second-order valence-electron chi connectivity index (χ2n) is 6.34. The number of rotatable bonds is 5. The Morgan fingerprint density at radius 1 is 1.28 bits per heavy atom. The maximum atomic E-state index is 11.7. The first kappa shape index (κ1) is 16.9. The van der Waals surface area contributed by atoms with E-state index in [1.807, 2.05) is 0 Å². The van der Waals surface area contributed by atoms with Crippen molar-refractivity contribution in [2.75, 3.05) is 27.7 Å². The molecule has 6 heteroatoms. The van der Waals surface area contributed by atoms with E-state index in [-0.39, 0.29) is 6.10 Å². The number of quaternary nitrogens is 1. The van der Waals surface area contributed by atoms with Crippen molar-refractivity contribution in [2.24, 2.45) is 5.92 Å². The van der Waals surface area contributed by atoms with Crippen LogP contribution in [0.25, 0.3) is 0 Å². The number of hydrogen-bond acceptors (Lipinski definition) is 3. The molecule has 0 aromatic heterocycles. The molecule has 1 fully saturated rings. The van der Waals surface area contributed by atoms with Gasteiger partial charge in [-0.1, -0.05) is 37.5 Å². The van der Waals surface area contributed by atoms with Crippen molar-refractivity contribution in [1.82, 2.24) is 0 Å². The normalized spacial score (nSPS) is 24.3. The van der Waals surface area contributed by atoms with Crippen LogP contribution in [0.1, 0.15) is 38.5 Å². The molecule has 0 bridgehead atoms. The predicted molar refractivity (Wildman–Crippen MR) is 82.2 cm³/mol. The lowest BCUT2D eigenvalue weighted by atomic mass is 9.93. The summed E-state index contributed by atoms with van der Waals surface area (Å²) in [6.07, 6.45) is 7.40. The molecule has 1 rings (SSSR count). The lowest BCUT2D eigenvalue weighted by Gasteiger charge is -2.37. The van der Waals surface area contributed by atoms with E-state index in [0.717, 1.165) is 23.9 Å². The molecule has 2 atom stereocenters. The highest BCUT2D eigenvalue weighted by Crippen LogP contribution is 2.46. The van der Waals surface area contributed by atoms with Crippen LogP contribution in [0.5, 0.6) is 0 Å². The number of likely N-dealkylation sites (N-methyl/N-ethyl adjacent to an activating group) is 1. The van der Waals surface area contributed by atoms with Crippen LogP contribution < -0.4 is 4.89 Å². The Kier molecular flexibility index (Phi) is 6.63. The van der Waals surface area contributed by atoms with Gasteiger partial charge in [0.2, 0.25) is 0 Å². The molecular formula is C12H26NO2PS2. The van der Waals surface area contributed by atoms with Gasteiger partial charge in [-0.15, -0.1) is 12.2 Å². The minimum atomic E-state index is -3.12. The van der Waals surface area contributed by atoms with E-state index in [4.69, 9.17) is 16.3 Å². The zero-order valence-corrected chi connectivity index (χ0v) is 14.3. The third-order valence-electron chi connectivity index (χ3n) is 3.42. The molecule has 0 spiro atoms. The summed E-state index contributed by atoms with van der Waals surface area (Å²) in [6, 6.07) is 0. The third kappa shape index (κ3) is 7.46. The Morgan fingerprint density at radius 2 is 1.78 bits per heavy atom. The van der Waals surface area contributed by atoms with E-state index in [2.05, 4.69) is 33.4 Å². The highest BCUT2D eigenvalue weighted by atomic mass is 32.9. The average molecular weight is 311 g/mol. The van der Waals surface area contributed by atoms with E-state index in [0.29, 0.717) is 5.92 Å². The number of thiol groups is 1. The van der Waals surface area contributed by atoms with Gasteiger partial charge in [-0.05, 0) is 18.8 Å². The van der Waals surface area contributed by atoms with E-state index in [1.54, 1.807) is 0 Å². The fourth-order valence-corrected chi connectivity index (χ4v) is 3.94. The minimum Gasteiger partial charge on any atom is -0.793 e.